The van der Waals surface area contributed by atoms with Gasteiger partial charge in [-0.05, 0) is 36.6 Å². The highest BCUT2D eigenvalue weighted by Crippen LogP contribution is 2.20. The standard InChI is InChI=1S/C16H18N8O3/c1-9(12-10(2)24(23-19-12)14-13(17)21-27-22-14)18-20-15(25)16(3,26)11-7-5-4-6-8-11/h4-8,26H,1-3H3,(H2,17,21)(H,20,25)/b18-9+. The van der Waals surface area contributed by atoms with Crippen LogP contribution >= 0.6 is 0 Å². The second-order valence-corrected chi connectivity index (χ2v) is 5.98. The van der Waals surface area contributed by atoms with E-state index in [1.165, 1.54) is 11.6 Å². The van der Waals surface area contributed by atoms with Crippen LogP contribution in [-0.4, -0.2) is 42.0 Å². The van der Waals surface area contributed by atoms with Crippen LogP contribution in [0.1, 0.15) is 30.8 Å². The Hall–Kier alpha value is -3.60. The molecule has 3 rings (SSSR count). The number of rotatable bonds is 5. The molecule has 4 N–H and O–H groups in total. The number of carbonyl (C=O) groups excluding carboxylic acids is 1. The smallest absolute Gasteiger partial charge is 0.276 e. The molecule has 11 heteroatoms. The molecule has 1 aromatic carbocycles. The summed E-state index contributed by atoms with van der Waals surface area (Å²) in [5.41, 5.74) is 8.09. The number of nitrogens with zero attached hydrogens (tertiary/aromatic N) is 6. The first-order valence-electron chi connectivity index (χ1n) is 7.96. The lowest BCUT2D eigenvalue weighted by atomic mass is 9.95. The van der Waals surface area contributed by atoms with Crippen molar-refractivity contribution in [2.75, 3.05) is 5.73 Å². The average Bonchev–Trinajstić information content (AvgIpc) is 3.25. The molecule has 2 heterocycles. The molecule has 0 bridgehead atoms. The number of aliphatic hydroxyl groups is 1. The molecule has 27 heavy (non-hydrogen) atoms. The minimum atomic E-state index is -1.74. The number of hydrazone groups is 1. The fourth-order valence-electron chi connectivity index (χ4n) is 2.39. The first-order chi connectivity index (χ1) is 12.8. The number of hydrogen-bond donors (Lipinski definition) is 3. The van der Waals surface area contributed by atoms with Crippen molar-refractivity contribution in [3.8, 4) is 5.82 Å². The van der Waals surface area contributed by atoms with Gasteiger partial charge in [0.1, 0.15) is 5.69 Å². The van der Waals surface area contributed by atoms with Crippen molar-refractivity contribution in [1.82, 2.24) is 30.7 Å². The lowest BCUT2D eigenvalue weighted by molar-refractivity contribution is -0.138. The van der Waals surface area contributed by atoms with Gasteiger partial charge in [-0.25, -0.2) is 10.1 Å². The van der Waals surface area contributed by atoms with E-state index in [4.69, 9.17) is 5.73 Å². The van der Waals surface area contributed by atoms with E-state index in [1.807, 2.05) is 0 Å². The summed E-state index contributed by atoms with van der Waals surface area (Å²) < 4.78 is 5.90. The fraction of sp³-hybridized carbons (Fsp3) is 0.250. The first-order valence-corrected chi connectivity index (χ1v) is 7.96. The van der Waals surface area contributed by atoms with Crippen LogP contribution in [-0.2, 0) is 10.4 Å². The van der Waals surface area contributed by atoms with Crippen LogP contribution in [0.4, 0.5) is 5.82 Å². The van der Waals surface area contributed by atoms with Crippen LogP contribution in [0.5, 0.6) is 0 Å². The van der Waals surface area contributed by atoms with Gasteiger partial charge in [0, 0.05) is 0 Å². The van der Waals surface area contributed by atoms with Crippen LogP contribution in [0.2, 0.25) is 0 Å². The van der Waals surface area contributed by atoms with Gasteiger partial charge in [-0.15, -0.1) is 5.10 Å². The molecule has 0 aliphatic heterocycles. The monoisotopic (exact) mass is 370 g/mol. The van der Waals surface area contributed by atoms with Crippen molar-refractivity contribution in [3.63, 3.8) is 0 Å². The Morgan fingerprint density at radius 1 is 1.33 bits per heavy atom. The summed E-state index contributed by atoms with van der Waals surface area (Å²) in [5, 5.41) is 29.6. The molecule has 1 amide bonds. The number of carbonyl (C=O) groups is 1. The normalized spacial score (nSPS) is 14.0. The molecule has 3 aromatic rings. The number of amides is 1. The predicted octanol–water partition coefficient (Wildman–Crippen LogP) is 0.289. The third kappa shape index (κ3) is 3.40. The minimum Gasteiger partial charge on any atom is -0.378 e. The van der Waals surface area contributed by atoms with E-state index in [9.17, 15) is 9.90 Å². The summed E-state index contributed by atoms with van der Waals surface area (Å²) in [6, 6.07) is 8.57. The number of aromatic nitrogens is 5. The molecule has 0 radical (unpaired) electrons. The van der Waals surface area contributed by atoms with Crippen molar-refractivity contribution in [1.29, 1.82) is 0 Å². The molecule has 0 saturated carbocycles. The molecule has 0 spiro atoms. The minimum absolute atomic E-state index is 0.0661. The van der Waals surface area contributed by atoms with Gasteiger partial charge >= 0.3 is 0 Å². The lowest BCUT2D eigenvalue weighted by Crippen LogP contribution is -2.40. The van der Waals surface area contributed by atoms with E-state index in [0.29, 0.717) is 22.7 Å². The van der Waals surface area contributed by atoms with Crippen molar-refractivity contribution < 1.29 is 14.5 Å². The molecule has 2 aromatic heterocycles. The highest BCUT2D eigenvalue weighted by molar-refractivity contribution is 5.99. The number of benzene rings is 1. The van der Waals surface area contributed by atoms with Crippen molar-refractivity contribution in [2.45, 2.75) is 26.4 Å². The third-order valence-corrected chi connectivity index (χ3v) is 4.04. The van der Waals surface area contributed by atoms with Gasteiger partial charge in [-0.3, -0.25) is 4.79 Å². The van der Waals surface area contributed by atoms with E-state index in [-0.39, 0.29) is 11.6 Å². The molecule has 140 valence electrons. The zero-order chi connectivity index (χ0) is 19.6. The van der Waals surface area contributed by atoms with Crippen molar-refractivity contribution >= 4 is 17.4 Å². The van der Waals surface area contributed by atoms with E-state index in [1.54, 1.807) is 44.2 Å². The fourth-order valence-corrected chi connectivity index (χ4v) is 2.39. The van der Waals surface area contributed by atoms with Crippen molar-refractivity contribution in [2.24, 2.45) is 5.10 Å². The van der Waals surface area contributed by atoms with Crippen LogP contribution in [0.25, 0.3) is 5.82 Å². The molecule has 0 fully saturated rings. The molecular weight excluding hydrogens is 352 g/mol. The van der Waals surface area contributed by atoms with Crippen LogP contribution < -0.4 is 11.2 Å². The molecular formula is C16H18N8O3. The van der Waals surface area contributed by atoms with E-state index in [0.717, 1.165) is 0 Å². The van der Waals surface area contributed by atoms with Crippen LogP contribution in [0.3, 0.4) is 0 Å². The Labute approximate surface area is 153 Å². The molecule has 0 aliphatic rings. The summed E-state index contributed by atoms with van der Waals surface area (Å²) in [6.45, 7) is 4.76. The Balaban J connectivity index is 1.80. The molecule has 1 unspecified atom stereocenters. The summed E-state index contributed by atoms with van der Waals surface area (Å²) in [5.74, 6) is -0.408. The SMILES string of the molecule is C/C(=N\NC(=O)C(C)(O)c1ccccc1)c1nnn(-c2nonc2N)c1C. The summed E-state index contributed by atoms with van der Waals surface area (Å²) in [4.78, 5) is 12.4. The maximum Gasteiger partial charge on any atom is 0.276 e. The Morgan fingerprint density at radius 2 is 2.04 bits per heavy atom. The van der Waals surface area contributed by atoms with Gasteiger partial charge in [0.2, 0.25) is 11.6 Å². The lowest BCUT2D eigenvalue weighted by Gasteiger charge is -2.21. The van der Waals surface area contributed by atoms with Gasteiger partial charge in [0.15, 0.2) is 5.60 Å². The number of nitrogens with two attached hydrogens (primary N) is 1. The number of nitrogens with one attached hydrogen (secondary N) is 1. The first kappa shape index (κ1) is 18.2. The van der Waals surface area contributed by atoms with Gasteiger partial charge in [-0.2, -0.15) is 9.78 Å². The zero-order valence-electron chi connectivity index (χ0n) is 14.9. The van der Waals surface area contributed by atoms with Gasteiger partial charge in [0.05, 0.1) is 11.4 Å². The largest absolute Gasteiger partial charge is 0.378 e. The molecule has 1 atom stereocenters. The number of anilines is 1. The van der Waals surface area contributed by atoms with Gasteiger partial charge < -0.3 is 10.8 Å². The Bertz CT molecular complexity index is 990. The Morgan fingerprint density at radius 3 is 2.67 bits per heavy atom. The highest BCUT2D eigenvalue weighted by Gasteiger charge is 2.32. The number of hydrogen-bond acceptors (Lipinski definition) is 9. The second kappa shape index (κ2) is 6.96. The maximum atomic E-state index is 12.4. The van der Waals surface area contributed by atoms with Crippen LogP contribution in [0.15, 0.2) is 40.1 Å². The quantitative estimate of drug-likeness (QED) is 0.427. The second-order valence-electron chi connectivity index (χ2n) is 5.98. The van der Waals surface area contributed by atoms with E-state index in [2.05, 4.69) is 35.8 Å². The average molecular weight is 370 g/mol. The van der Waals surface area contributed by atoms with Gasteiger partial charge in [-0.1, -0.05) is 35.5 Å². The van der Waals surface area contributed by atoms with Crippen LogP contribution in [0, 0.1) is 6.92 Å². The van der Waals surface area contributed by atoms with E-state index >= 15 is 0 Å². The maximum absolute atomic E-state index is 12.4. The summed E-state index contributed by atoms with van der Waals surface area (Å²) >= 11 is 0. The molecule has 0 saturated heterocycles. The molecule has 0 aliphatic carbocycles. The topological polar surface area (TPSA) is 157 Å². The third-order valence-electron chi connectivity index (χ3n) is 4.04. The summed E-state index contributed by atoms with van der Waals surface area (Å²) in [7, 11) is 0. The Kier molecular flexibility index (Phi) is 4.69. The number of nitrogen functional groups attached to an aromatic ring is 1. The summed E-state index contributed by atoms with van der Waals surface area (Å²) in [6.07, 6.45) is 0. The molecule has 11 nitrogen and oxygen atoms in total. The van der Waals surface area contributed by atoms with Crippen molar-refractivity contribution in [3.05, 3.63) is 47.3 Å². The van der Waals surface area contributed by atoms with E-state index < -0.39 is 11.5 Å². The van der Waals surface area contributed by atoms with Gasteiger partial charge in [0.25, 0.3) is 5.91 Å². The predicted molar refractivity (Wildman–Crippen MR) is 94.7 cm³/mol. The zero-order valence-corrected chi connectivity index (χ0v) is 14.9. The highest BCUT2D eigenvalue weighted by atomic mass is 16.6.